The standard InChI is InChI=1S/C50H76N10O6/c1-37(59-43-35-41(65-3)33-39-17-11-29-57-49(39)43)15-9-27-53-45(61)19-21-47(63)55-31-13-25-51-23-7-5-6-8-24-52-26-14-32-56-48(64)22-20-46(62)54-28-10-16-38(2)60-44-36-42(66-4)34-40-18-12-30-58-50(40)44/h11-12,17-18,29-30,33-38,51-52,59-60H,5-10,13-16,19-28,31-32H2,1-4H3,(H,53,61)(H,54,62)(H,55,63)(H,56,64). The van der Waals surface area contributed by atoms with E-state index < -0.39 is 0 Å². The molecule has 0 fully saturated rings. The normalized spacial score (nSPS) is 12.0. The van der Waals surface area contributed by atoms with Crippen LogP contribution >= 0.6 is 0 Å². The number of nitrogens with zero attached hydrogens (tertiary/aromatic N) is 2. The molecule has 2 aromatic heterocycles. The zero-order chi connectivity index (χ0) is 47.2. The minimum Gasteiger partial charge on any atom is -0.497 e. The third kappa shape index (κ3) is 21.0. The minimum absolute atomic E-state index is 0.0992. The highest BCUT2D eigenvalue weighted by Gasteiger charge is 2.13. The van der Waals surface area contributed by atoms with Crippen LogP contribution in [-0.4, -0.2) is 112 Å². The highest BCUT2D eigenvalue weighted by Crippen LogP contribution is 2.30. The Morgan fingerprint density at radius 1 is 0.485 bits per heavy atom. The lowest BCUT2D eigenvalue weighted by atomic mass is 10.1. The number of rotatable bonds is 35. The van der Waals surface area contributed by atoms with Gasteiger partial charge >= 0.3 is 0 Å². The number of unbranched alkanes of at least 4 members (excludes halogenated alkanes) is 3. The maximum atomic E-state index is 12.3. The van der Waals surface area contributed by atoms with Crippen LogP contribution < -0.4 is 52.0 Å². The van der Waals surface area contributed by atoms with Crippen LogP contribution in [0.4, 0.5) is 11.4 Å². The van der Waals surface area contributed by atoms with Crippen molar-refractivity contribution in [1.29, 1.82) is 0 Å². The first-order valence-electron chi connectivity index (χ1n) is 24.0. The number of carbonyl (C=O) groups excluding carboxylic acids is 4. The first-order valence-corrected chi connectivity index (χ1v) is 24.0. The van der Waals surface area contributed by atoms with Crippen molar-refractivity contribution in [2.45, 2.75) is 116 Å². The fraction of sp³-hybridized carbons (Fsp3) is 0.560. The second-order valence-corrected chi connectivity index (χ2v) is 16.9. The van der Waals surface area contributed by atoms with Gasteiger partial charge in [-0.05, 0) is 116 Å². The molecule has 8 N–H and O–H groups in total. The van der Waals surface area contributed by atoms with Gasteiger partial charge in [0.25, 0.3) is 0 Å². The van der Waals surface area contributed by atoms with Crippen LogP contribution in [0.1, 0.15) is 104 Å². The smallest absolute Gasteiger partial charge is 0.220 e. The molecule has 2 heterocycles. The fourth-order valence-corrected chi connectivity index (χ4v) is 7.53. The van der Waals surface area contributed by atoms with Gasteiger partial charge in [-0.1, -0.05) is 25.0 Å². The highest BCUT2D eigenvalue weighted by molar-refractivity contribution is 5.93. The van der Waals surface area contributed by atoms with Crippen molar-refractivity contribution in [3.63, 3.8) is 0 Å². The van der Waals surface area contributed by atoms with Crippen molar-refractivity contribution in [3.05, 3.63) is 60.9 Å². The van der Waals surface area contributed by atoms with Crippen molar-refractivity contribution < 1.29 is 28.7 Å². The first-order chi connectivity index (χ1) is 32.1. The van der Waals surface area contributed by atoms with E-state index in [1.165, 1.54) is 0 Å². The van der Waals surface area contributed by atoms with Crippen LogP contribution in [0.2, 0.25) is 0 Å². The molecule has 0 radical (unpaired) electrons. The van der Waals surface area contributed by atoms with Gasteiger partial charge in [0, 0.05) is 99.2 Å². The van der Waals surface area contributed by atoms with E-state index in [1.807, 2.05) is 48.5 Å². The maximum Gasteiger partial charge on any atom is 0.220 e. The largest absolute Gasteiger partial charge is 0.497 e. The summed E-state index contributed by atoms with van der Waals surface area (Å²) in [6.45, 7) is 10.1. The number of fused-ring (bicyclic) bond motifs is 2. The van der Waals surface area contributed by atoms with Crippen LogP contribution in [0, 0.1) is 0 Å². The Kier molecular flexibility index (Phi) is 25.0. The van der Waals surface area contributed by atoms with E-state index >= 15 is 0 Å². The molecule has 0 saturated heterocycles. The van der Waals surface area contributed by atoms with Gasteiger partial charge in [-0.25, -0.2) is 0 Å². The Hall–Kier alpha value is -5.74. The molecule has 16 heteroatoms. The molecule has 4 rings (SSSR count). The second-order valence-electron chi connectivity index (χ2n) is 16.9. The molecule has 0 aliphatic carbocycles. The van der Waals surface area contributed by atoms with Crippen molar-refractivity contribution in [1.82, 2.24) is 41.9 Å². The molecule has 4 aromatic rings. The number of benzene rings is 2. The van der Waals surface area contributed by atoms with Crippen LogP contribution in [0.3, 0.4) is 0 Å². The average Bonchev–Trinajstić information content (AvgIpc) is 3.32. The molecule has 66 heavy (non-hydrogen) atoms. The van der Waals surface area contributed by atoms with Crippen LogP contribution in [0.15, 0.2) is 60.9 Å². The molecule has 16 nitrogen and oxygen atoms in total. The van der Waals surface area contributed by atoms with E-state index in [2.05, 4.69) is 66.3 Å². The molecule has 0 aliphatic heterocycles. The summed E-state index contributed by atoms with van der Waals surface area (Å²) < 4.78 is 10.9. The third-order valence-electron chi connectivity index (χ3n) is 11.2. The zero-order valence-electron chi connectivity index (χ0n) is 39.8. The quantitative estimate of drug-likeness (QED) is 0.0243. The lowest BCUT2D eigenvalue weighted by Gasteiger charge is -2.17. The molecule has 0 bridgehead atoms. The summed E-state index contributed by atoms with van der Waals surface area (Å²) in [5.74, 6) is 1.13. The lowest BCUT2D eigenvalue weighted by Crippen LogP contribution is -2.30. The number of nitrogens with one attached hydrogen (secondary N) is 8. The minimum atomic E-state index is -0.108. The number of ether oxygens (including phenoxy) is 2. The number of aromatic nitrogens is 2. The van der Waals surface area contributed by atoms with Gasteiger partial charge in [-0.15, -0.1) is 0 Å². The first kappa shape index (κ1) is 52.9. The number of methoxy groups -OCH3 is 2. The van der Waals surface area contributed by atoms with E-state index in [0.717, 1.165) is 135 Å². The zero-order valence-corrected chi connectivity index (χ0v) is 39.8. The Morgan fingerprint density at radius 3 is 1.23 bits per heavy atom. The summed E-state index contributed by atoms with van der Waals surface area (Å²) >= 11 is 0. The van der Waals surface area contributed by atoms with E-state index in [4.69, 9.17) is 9.47 Å². The Balaban J connectivity index is 0.857. The third-order valence-corrected chi connectivity index (χ3v) is 11.2. The van der Waals surface area contributed by atoms with Crippen molar-refractivity contribution in [2.75, 3.05) is 77.2 Å². The predicted octanol–water partition coefficient (Wildman–Crippen LogP) is 6.21. The number of anilines is 2. The summed E-state index contributed by atoms with van der Waals surface area (Å²) in [6.07, 6.45) is 13.8. The summed E-state index contributed by atoms with van der Waals surface area (Å²) in [4.78, 5) is 58.1. The number of amides is 4. The van der Waals surface area contributed by atoms with Crippen LogP contribution in [0.5, 0.6) is 11.5 Å². The molecule has 0 aliphatic rings. The molecular weight excluding hydrogens is 837 g/mol. The van der Waals surface area contributed by atoms with Gasteiger partial charge in [0.15, 0.2) is 0 Å². The second kappa shape index (κ2) is 31.2. The molecular formula is C50H76N10O6. The molecule has 2 aromatic carbocycles. The molecule has 362 valence electrons. The fourth-order valence-electron chi connectivity index (χ4n) is 7.53. The van der Waals surface area contributed by atoms with Gasteiger partial charge in [-0.2, -0.15) is 0 Å². The van der Waals surface area contributed by atoms with Gasteiger partial charge in [0.1, 0.15) is 11.5 Å². The number of carbonyl (C=O) groups is 4. The lowest BCUT2D eigenvalue weighted by molar-refractivity contribution is -0.126. The highest BCUT2D eigenvalue weighted by atomic mass is 16.5. The Bertz CT molecular complexity index is 1920. The average molecular weight is 913 g/mol. The summed E-state index contributed by atoms with van der Waals surface area (Å²) in [5, 5.41) is 27.7. The SMILES string of the molecule is COc1cc(NC(C)CCCNC(=O)CCC(=O)NCCCNCCCCCCNCCCNC(=O)CCC(=O)NCCCC(C)Nc2cc(OC)cc3cccnc23)c2ncccc2c1. The Labute approximate surface area is 391 Å². The van der Waals surface area contributed by atoms with E-state index in [9.17, 15) is 19.2 Å². The molecule has 2 atom stereocenters. The van der Waals surface area contributed by atoms with Crippen molar-refractivity contribution in [2.24, 2.45) is 0 Å². The molecule has 0 saturated carbocycles. The van der Waals surface area contributed by atoms with Crippen molar-refractivity contribution in [3.8, 4) is 11.5 Å². The summed E-state index contributed by atoms with van der Waals surface area (Å²) in [6, 6.07) is 16.0. The Morgan fingerprint density at radius 2 is 0.848 bits per heavy atom. The molecule has 4 amide bonds. The number of hydrogen-bond acceptors (Lipinski definition) is 12. The van der Waals surface area contributed by atoms with Crippen molar-refractivity contribution >= 4 is 56.8 Å². The monoisotopic (exact) mass is 913 g/mol. The molecule has 0 spiro atoms. The molecule has 2 unspecified atom stereocenters. The van der Waals surface area contributed by atoms with Gasteiger partial charge in [-0.3, -0.25) is 29.1 Å². The van der Waals surface area contributed by atoms with E-state index in [0.29, 0.717) is 26.2 Å². The maximum absolute atomic E-state index is 12.3. The van der Waals surface area contributed by atoms with E-state index in [1.54, 1.807) is 26.6 Å². The number of hydrogen-bond donors (Lipinski definition) is 8. The summed E-state index contributed by atoms with van der Waals surface area (Å²) in [5.41, 5.74) is 3.64. The van der Waals surface area contributed by atoms with E-state index in [-0.39, 0.29) is 61.4 Å². The number of pyridine rings is 2. The van der Waals surface area contributed by atoms with Gasteiger partial charge in [0.2, 0.25) is 23.6 Å². The van der Waals surface area contributed by atoms with Gasteiger partial charge in [0.05, 0.1) is 36.6 Å². The summed E-state index contributed by atoms with van der Waals surface area (Å²) in [7, 11) is 3.31. The van der Waals surface area contributed by atoms with Crippen LogP contribution in [0.25, 0.3) is 21.8 Å². The topological polar surface area (TPSA) is 209 Å². The van der Waals surface area contributed by atoms with Gasteiger partial charge < -0.3 is 52.0 Å². The predicted molar refractivity (Wildman–Crippen MR) is 265 cm³/mol. The van der Waals surface area contributed by atoms with Crippen LogP contribution in [-0.2, 0) is 19.2 Å².